The molecule has 202 valence electrons. The highest BCUT2D eigenvalue weighted by Crippen LogP contribution is 2.40. The predicted molar refractivity (Wildman–Crippen MR) is 138 cm³/mol. The zero-order chi connectivity index (χ0) is 27.0. The van der Waals surface area contributed by atoms with E-state index in [1.807, 2.05) is 6.07 Å². The summed E-state index contributed by atoms with van der Waals surface area (Å²) in [6.45, 7) is 5.46. The molecular formula is C25H32ClN3O7S. The zero-order valence-corrected chi connectivity index (χ0v) is 22.6. The Bertz CT molecular complexity index is 1290. The molecule has 2 aliphatic rings. The number of carbonyl (C=O) groups is 2. The standard InChI is InChI=1S/C25H32ClN3O7S/c1-25(2,3)36-24(32)29-12-5-7-16(14-29)37(33,34)22-17(26)9-10-18(20(22)30)27-23(31)28-19-8-4-6-15-11-13-35-21(15)19/h9-11,13,16,19,30H,4-8,12,14H2,1-3H3,(H2,27,28,31)/t16-,19-/m0/s1. The first-order valence-electron chi connectivity index (χ1n) is 12.2. The van der Waals surface area contributed by atoms with E-state index >= 15 is 0 Å². The van der Waals surface area contributed by atoms with Gasteiger partial charge in [0.2, 0.25) is 0 Å². The summed E-state index contributed by atoms with van der Waals surface area (Å²) >= 11 is 6.24. The van der Waals surface area contributed by atoms with Crippen LogP contribution in [0.25, 0.3) is 0 Å². The molecule has 2 aromatic rings. The number of phenols is 1. The lowest BCUT2D eigenvalue weighted by molar-refractivity contribution is 0.0219. The number of nitrogens with zero attached hydrogens (tertiary/aromatic N) is 1. The van der Waals surface area contributed by atoms with E-state index in [4.69, 9.17) is 20.8 Å². The number of piperidine rings is 1. The van der Waals surface area contributed by atoms with Crippen molar-refractivity contribution in [3.05, 3.63) is 40.8 Å². The topological polar surface area (TPSA) is 138 Å². The minimum absolute atomic E-state index is 0.0989. The van der Waals surface area contributed by atoms with Crippen LogP contribution in [0.15, 0.2) is 33.8 Å². The molecule has 1 aliphatic carbocycles. The number of hydrogen-bond acceptors (Lipinski definition) is 7. The van der Waals surface area contributed by atoms with E-state index in [-0.39, 0.29) is 29.7 Å². The van der Waals surface area contributed by atoms with Crippen molar-refractivity contribution in [3.8, 4) is 5.75 Å². The summed E-state index contributed by atoms with van der Waals surface area (Å²) in [6, 6.07) is 3.56. The second kappa shape index (κ2) is 10.4. The van der Waals surface area contributed by atoms with Crippen molar-refractivity contribution in [1.82, 2.24) is 10.2 Å². The molecule has 1 saturated heterocycles. The van der Waals surface area contributed by atoms with Crippen LogP contribution in [-0.4, -0.2) is 54.5 Å². The number of hydrogen-bond donors (Lipinski definition) is 3. The molecule has 1 aromatic carbocycles. The number of amides is 3. The minimum atomic E-state index is -4.17. The number of fused-ring (bicyclic) bond motifs is 1. The quantitative estimate of drug-likeness (QED) is 0.452. The first-order valence-corrected chi connectivity index (χ1v) is 14.2. The Morgan fingerprint density at radius 1 is 1.19 bits per heavy atom. The number of phenolic OH excluding ortho intramolecular Hbond substituents is 1. The summed E-state index contributed by atoms with van der Waals surface area (Å²) in [5, 5.41) is 15.1. The summed E-state index contributed by atoms with van der Waals surface area (Å²) in [5.74, 6) is 0.0382. The molecule has 4 rings (SSSR count). The lowest BCUT2D eigenvalue weighted by Crippen LogP contribution is -2.47. The number of ether oxygens (including phenoxy) is 1. The van der Waals surface area contributed by atoms with Gasteiger partial charge < -0.3 is 29.8 Å². The van der Waals surface area contributed by atoms with E-state index in [9.17, 15) is 23.1 Å². The number of furan rings is 1. The Morgan fingerprint density at radius 2 is 1.95 bits per heavy atom. The Kier molecular flexibility index (Phi) is 7.66. The average Bonchev–Trinajstić information content (AvgIpc) is 3.30. The van der Waals surface area contributed by atoms with Crippen LogP contribution in [0.1, 0.15) is 63.8 Å². The Labute approximate surface area is 221 Å². The molecule has 1 fully saturated rings. The molecule has 0 saturated carbocycles. The van der Waals surface area contributed by atoms with Gasteiger partial charge in [-0.1, -0.05) is 11.6 Å². The van der Waals surface area contributed by atoms with Crippen molar-refractivity contribution in [2.45, 2.75) is 74.7 Å². The molecule has 2 atom stereocenters. The molecule has 12 heteroatoms. The van der Waals surface area contributed by atoms with Crippen LogP contribution in [0.3, 0.4) is 0 Å². The molecule has 0 radical (unpaired) electrons. The monoisotopic (exact) mass is 553 g/mol. The normalized spacial score (nSPS) is 20.2. The zero-order valence-electron chi connectivity index (χ0n) is 21.0. The fourth-order valence-electron chi connectivity index (χ4n) is 4.71. The third-order valence-electron chi connectivity index (χ3n) is 6.43. The van der Waals surface area contributed by atoms with E-state index in [0.29, 0.717) is 25.1 Å². The van der Waals surface area contributed by atoms with Crippen molar-refractivity contribution in [3.63, 3.8) is 0 Å². The van der Waals surface area contributed by atoms with Crippen LogP contribution in [-0.2, 0) is 21.0 Å². The van der Waals surface area contributed by atoms with E-state index in [1.54, 1.807) is 27.0 Å². The first kappa shape index (κ1) is 27.1. The van der Waals surface area contributed by atoms with Gasteiger partial charge in [0.05, 0.1) is 28.3 Å². The van der Waals surface area contributed by atoms with Crippen LogP contribution in [0.4, 0.5) is 15.3 Å². The number of aromatic hydroxyl groups is 1. The Morgan fingerprint density at radius 3 is 2.68 bits per heavy atom. The lowest BCUT2D eigenvalue weighted by atomic mass is 9.94. The maximum atomic E-state index is 13.6. The lowest BCUT2D eigenvalue weighted by Gasteiger charge is -2.34. The Hall–Kier alpha value is -2.92. The van der Waals surface area contributed by atoms with Gasteiger partial charge in [0.1, 0.15) is 16.3 Å². The van der Waals surface area contributed by atoms with E-state index in [0.717, 1.165) is 18.4 Å². The van der Waals surface area contributed by atoms with Crippen LogP contribution in [0.5, 0.6) is 5.75 Å². The summed E-state index contributed by atoms with van der Waals surface area (Å²) < 4.78 is 38.1. The SMILES string of the molecule is CC(C)(C)OC(=O)N1CCC[C@H](S(=O)(=O)c2c(Cl)ccc(NC(=O)N[C@H]3CCCc4ccoc43)c2O)C1. The summed E-state index contributed by atoms with van der Waals surface area (Å²) in [7, 11) is -4.17. The molecular weight excluding hydrogens is 522 g/mol. The molecule has 2 heterocycles. The maximum absolute atomic E-state index is 13.6. The molecule has 0 bridgehead atoms. The molecule has 1 aromatic heterocycles. The number of halogens is 1. The number of nitrogens with one attached hydrogen (secondary N) is 2. The molecule has 0 spiro atoms. The molecule has 3 amide bonds. The van der Waals surface area contributed by atoms with Gasteiger partial charge in [0.25, 0.3) is 0 Å². The summed E-state index contributed by atoms with van der Waals surface area (Å²) in [5.41, 5.74) is 0.212. The van der Waals surface area contributed by atoms with Crippen molar-refractivity contribution in [2.75, 3.05) is 18.4 Å². The molecule has 10 nitrogen and oxygen atoms in total. The van der Waals surface area contributed by atoms with Gasteiger partial charge in [-0.05, 0) is 76.6 Å². The summed E-state index contributed by atoms with van der Waals surface area (Å²) in [6.07, 6.45) is 4.15. The van der Waals surface area contributed by atoms with Gasteiger partial charge in [0.15, 0.2) is 15.6 Å². The number of anilines is 1. The minimum Gasteiger partial charge on any atom is -0.504 e. The van der Waals surface area contributed by atoms with E-state index in [2.05, 4.69) is 10.6 Å². The van der Waals surface area contributed by atoms with Gasteiger partial charge in [0, 0.05) is 13.1 Å². The van der Waals surface area contributed by atoms with Gasteiger partial charge in [-0.25, -0.2) is 18.0 Å². The second-order valence-electron chi connectivity index (χ2n) is 10.4. The third kappa shape index (κ3) is 5.98. The number of aryl methyl sites for hydroxylation is 1. The molecule has 1 aliphatic heterocycles. The Balaban J connectivity index is 1.51. The number of urea groups is 1. The maximum Gasteiger partial charge on any atom is 0.410 e. The highest BCUT2D eigenvalue weighted by molar-refractivity contribution is 7.92. The number of carbonyl (C=O) groups excluding carboxylic acids is 2. The van der Waals surface area contributed by atoms with Crippen molar-refractivity contribution >= 4 is 39.2 Å². The number of benzene rings is 1. The highest BCUT2D eigenvalue weighted by atomic mass is 35.5. The van der Waals surface area contributed by atoms with Crippen LogP contribution in [0, 0.1) is 0 Å². The third-order valence-corrected chi connectivity index (χ3v) is 9.10. The van der Waals surface area contributed by atoms with Crippen LogP contribution >= 0.6 is 11.6 Å². The van der Waals surface area contributed by atoms with Crippen molar-refractivity contribution in [2.24, 2.45) is 0 Å². The fraction of sp³-hybridized carbons (Fsp3) is 0.520. The number of sulfone groups is 1. The fourth-order valence-corrected chi connectivity index (χ4v) is 7.09. The number of rotatable bonds is 4. The largest absolute Gasteiger partial charge is 0.504 e. The van der Waals surface area contributed by atoms with Crippen LogP contribution in [0.2, 0.25) is 5.02 Å². The van der Waals surface area contributed by atoms with Crippen molar-refractivity contribution < 1.29 is 32.3 Å². The predicted octanol–water partition coefficient (Wildman–Crippen LogP) is 5.01. The highest BCUT2D eigenvalue weighted by Gasteiger charge is 2.38. The first-order chi connectivity index (χ1) is 17.4. The van der Waals surface area contributed by atoms with E-state index in [1.165, 1.54) is 17.0 Å². The summed E-state index contributed by atoms with van der Waals surface area (Å²) in [4.78, 5) is 26.1. The molecule has 0 unspecified atom stereocenters. The molecule has 3 N–H and O–H groups in total. The van der Waals surface area contributed by atoms with Gasteiger partial charge in [-0.15, -0.1) is 0 Å². The smallest absolute Gasteiger partial charge is 0.410 e. The van der Waals surface area contributed by atoms with Crippen LogP contribution < -0.4 is 10.6 Å². The number of likely N-dealkylation sites (tertiary alicyclic amines) is 1. The van der Waals surface area contributed by atoms with Gasteiger partial charge >= 0.3 is 12.1 Å². The van der Waals surface area contributed by atoms with Gasteiger partial charge in [-0.3, -0.25) is 0 Å². The van der Waals surface area contributed by atoms with Crippen molar-refractivity contribution in [1.29, 1.82) is 0 Å². The second-order valence-corrected chi connectivity index (χ2v) is 12.9. The average molecular weight is 554 g/mol. The van der Waals surface area contributed by atoms with Gasteiger partial charge in [-0.2, -0.15) is 0 Å². The molecule has 37 heavy (non-hydrogen) atoms. The van der Waals surface area contributed by atoms with E-state index < -0.39 is 43.5 Å².